The molecule has 2 aromatic carbocycles. The van der Waals surface area contributed by atoms with Gasteiger partial charge in [-0.15, -0.1) is 0 Å². The fraction of sp³-hybridized carbons (Fsp3) is 0. The molecule has 0 amide bonds. The smallest absolute Gasteiger partial charge is 0.350 e. The van der Waals surface area contributed by atoms with Crippen LogP contribution in [0, 0.1) is 0 Å². The number of H-pyrrole nitrogens is 2. The van der Waals surface area contributed by atoms with E-state index in [2.05, 4.69) is 40.5 Å². The first-order valence-electron chi connectivity index (χ1n) is 10.6. The molecule has 2 heterocycles. The first-order chi connectivity index (χ1) is 18.7. The van der Waals surface area contributed by atoms with E-state index in [1.54, 1.807) is 0 Å². The van der Waals surface area contributed by atoms with Crippen LogP contribution in [0.5, 0.6) is 0 Å². The Morgan fingerprint density at radius 3 is 1.38 bits per heavy atom. The normalized spacial score (nSPS) is 11.9. The highest BCUT2D eigenvalue weighted by Crippen LogP contribution is 2.27. The van der Waals surface area contributed by atoms with Crippen LogP contribution in [0.15, 0.2) is 55.8 Å². The Bertz CT molecular complexity index is 1850. The van der Waals surface area contributed by atoms with E-state index in [0.29, 0.717) is 0 Å². The predicted octanol–water partition coefficient (Wildman–Crippen LogP) is -0.0414. The van der Waals surface area contributed by atoms with Crippen LogP contribution in [0.2, 0.25) is 0 Å². The number of aromatic nitrogens is 6. The van der Waals surface area contributed by atoms with Crippen LogP contribution in [0.3, 0.4) is 0 Å². The summed E-state index contributed by atoms with van der Waals surface area (Å²) >= 11 is 0. The first kappa shape index (κ1) is 27.8. The first-order valence-corrected chi connectivity index (χ1v) is 13.5. The number of hydrogen-bond acceptors (Lipinski definition) is 14. The minimum absolute atomic E-state index is 0.0615. The summed E-state index contributed by atoms with van der Waals surface area (Å²) in [5.74, 6) is -0.986. The Balaban J connectivity index is 1.70. The van der Waals surface area contributed by atoms with E-state index in [-0.39, 0.29) is 46.3 Å². The summed E-state index contributed by atoms with van der Waals surface area (Å²) in [6, 6.07) is 7.27. The van der Waals surface area contributed by atoms with Gasteiger partial charge in [-0.3, -0.25) is 19.1 Å². The molecule has 0 spiro atoms. The summed E-state index contributed by atoms with van der Waals surface area (Å²) in [5, 5.41) is 5.16. The van der Waals surface area contributed by atoms with Gasteiger partial charge in [0, 0.05) is 11.4 Å². The predicted molar refractivity (Wildman–Crippen MR) is 142 cm³/mol. The van der Waals surface area contributed by atoms with Crippen molar-refractivity contribution in [1.29, 1.82) is 0 Å². The monoisotopic (exact) mass is 590 g/mol. The van der Waals surface area contributed by atoms with Crippen molar-refractivity contribution >= 4 is 67.6 Å². The lowest BCUT2D eigenvalue weighted by Gasteiger charge is -2.10. The van der Waals surface area contributed by atoms with Crippen molar-refractivity contribution in [2.75, 3.05) is 22.1 Å². The zero-order valence-electron chi connectivity index (χ0n) is 19.7. The van der Waals surface area contributed by atoms with Gasteiger partial charge in [-0.25, -0.2) is 9.59 Å². The zero-order chi connectivity index (χ0) is 29.2. The topological polar surface area (TPSA) is 302 Å². The van der Waals surface area contributed by atoms with Crippen LogP contribution in [0.4, 0.5) is 35.2 Å². The quantitative estimate of drug-likeness (QED) is 0.0985. The van der Waals surface area contributed by atoms with Crippen molar-refractivity contribution in [2.45, 2.75) is 9.79 Å². The highest BCUT2D eigenvalue weighted by atomic mass is 32.2. The molecule has 4 aromatic rings. The number of benzene rings is 2. The van der Waals surface area contributed by atoms with E-state index in [1.807, 2.05) is 0 Å². The van der Waals surface area contributed by atoms with Crippen LogP contribution in [0.1, 0.15) is 11.1 Å². The summed E-state index contributed by atoms with van der Waals surface area (Å²) in [6.07, 6.45) is 2.35. The molecule has 0 aliphatic carbocycles. The molecule has 2 aromatic heterocycles. The zero-order valence-corrected chi connectivity index (χ0v) is 21.4. The number of nitrogens with one attached hydrogen (secondary N) is 4. The Hall–Kier alpha value is -5.18. The van der Waals surface area contributed by atoms with Gasteiger partial charge in [0.15, 0.2) is 0 Å². The van der Waals surface area contributed by atoms with Crippen molar-refractivity contribution in [3.63, 3.8) is 0 Å². The third kappa shape index (κ3) is 6.82. The van der Waals surface area contributed by atoms with E-state index < -0.39 is 41.4 Å². The molecule has 0 aliphatic rings. The van der Waals surface area contributed by atoms with Gasteiger partial charge < -0.3 is 22.1 Å². The summed E-state index contributed by atoms with van der Waals surface area (Å²) in [7, 11) is -9.62. The van der Waals surface area contributed by atoms with Crippen molar-refractivity contribution in [2.24, 2.45) is 0 Å². The maximum atomic E-state index is 12.1. The largest absolute Gasteiger partial charge is 0.369 e. The minimum atomic E-state index is -4.81. The Morgan fingerprint density at radius 2 is 1.05 bits per heavy atom. The molecule has 208 valence electrons. The second-order valence-corrected chi connectivity index (χ2v) is 10.5. The van der Waals surface area contributed by atoms with E-state index in [9.17, 15) is 35.5 Å². The molecule has 0 unspecified atom stereocenters. The van der Waals surface area contributed by atoms with Crippen molar-refractivity contribution in [3.8, 4) is 0 Å². The highest BCUT2D eigenvalue weighted by molar-refractivity contribution is 7.86. The number of anilines is 6. The summed E-state index contributed by atoms with van der Waals surface area (Å²) in [6.45, 7) is 0. The third-order valence-corrected chi connectivity index (χ3v) is 6.69. The second-order valence-electron chi connectivity index (χ2n) is 7.76. The number of nitrogen functional groups attached to an aromatic ring is 2. The molecule has 0 aliphatic heterocycles. The Morgan fingerprint density at radius 1 is 0.675 bits per heavy atom. The van der Waals surface area contributed by atoms with Gasteiger partial charge in [-0.05, 0) is 35.4 Å². The average Bonchev–Trinajstić information content (AvgIpc) is 2.81. The molecular weight excluding hydrogens is 572 g/mol. The van der Waals surface area contributed by atoms with Gasteiger partial charge >= 0.3 is 11.4 Å². The average molecular weight is 591 g/mol. The molecule has 18 nitrogen and oxygen atoms in total. The summed E-state index contributed by atoms with van der Waals surface area (Å²) in [4.78, 5) is 40.6. The Kier molecular flexibility index (Phi) is 7.33. The van der Waals surface area contributed by atoms with Crippen molar-refractivity contribution in [1.82, 2.24) is 29.9 Å². The van der Waals surface area contributed by atoms with Crippen LogP contribution >= 0.6 is 0 Å². The van der Waals surface area contributed by atoms with Crippen LogP contribution in [-0.4, -0.2) is 55.8 Å². The fourth-order valence-electron chi connectivity index (χ4n) is 3.30. The standard InChI is InChI=1S/C20H18N10O8S2/c21-15-25-17(29-19(31)27-15)23-11-5-3-9(13(7-11)39(33,34)35)1-2-10-4-6-12(8-14(10)40(36,37)38)24-18-26-16(22)28-20(32)30-18/h1-8H,(H,33,34,35)(H,36,37,38)(H4,21,23,25,27,29,31)(H4,22,24,26,28,30,32). The second kappa shape index (κ2) is 10.5. The van der Waals surface area contributed by atoms with Gasteiger partial charge in [0.05, 0.1) is 0 Å². The van der Waals surface area contributed by atoms with Crippen molar-refractivity contribution < 1.29 is 25.9 Å². The lowest BCUT2D eigenvalue weighted by atomic mass is 10.1. The molecule has 0 bridgehead atoms. The lowest BCUT2D eigenvalue weighted by Crippen LogP contribution is -2.16. The lowest BCUT2D eigenvalue weighted by molar-refractivity contribution is 0.480. The van der Waals surface area contributed by atoms with Crippen LogP contribution in [-0.2, 0) is 20.2 Å². The molecule has 4 rings (SSSR count). The molecule has 0 atom stereocenters. The molecule has 10 N–H and O–H groups in total. The molecule has 20 heteroatoms. The maximum absolute atomic E-state index is 12.1. The minimum Gasteiger partial charge on any atom is -0.369 e. The SMILES string of the molecule is Nc1nc(Nc2ccc(C=Cc3ccc(Nc4nc(N)[nH]c(=O)n4)cc3S(=O)(=O)O)c(S(=O)(=O)O)c2)nc(=O)[nH]1. The maximum Gasteiger partial charge on any atom is 0.350 e. The van der Waals surface area contributed by atoms with Gasteiger partial charge in [0.2, 0.25) is 23.8 Å². The molecule has 0 saturated carbocycles. The fourth-order valence-corrected chi connectivity index (χ4v) is 4.72. The van der Waals surface area contributed by atoms with Crippen molar-refractivity contribution in [3.05, 3.63) is 68.5 Å². The highest BCUT2D eigenvalue weighted by Gasteiger charge is 2.18. The Labute approximate surface area is 223 Å². The third-order valence-electron chi connectivity index (χ3n) is 4.88. The summed E-state index contributed by atoms with van der Waals surface area (Å²) in [5.41, 5.74) is 9.26. The van der Waals surface area contributed by atoms with E-state index in [4.69, 9.17) is 11.5 Å². The van der Waals surface area contributed by atoms with E-state index in [0.717, 1.165) is 12.1 Å². The molecular formula is C20H18N10O8S2. The number of nitrogens with zero attached hydrogens (tertiary/aromatic N) is 4. The molecule has 0 fully saturated rings. The molecule has 0 radical (unpaired) electrons. The number of hydrogen-bond donors (Lipinski definition) is 8. The van der Waals surface area contributed by atoms with E-state index >= 15 is 0 Å². The van der Waals surface area contributed by atoms with Crippen LogP contribution in [0.25, 0.3) is 12.2 Å². The molecule has 0 saturated heterocycles. The number of aromatic amines is 2. The van der Waals surface area contributed by atoms with Gasteiger partial charge in [-0.2, -0.15) is 36.8 Å². The summed E-state index contributed by atoms with van der Waals surface area (Å²) < 4.78 is 67.8. The van der Waals surface area contributed by atoms with Crippen LogP contribution < -0.4 is 33.5 Å². The van der Waals surface area contributed by atoms with Gasteiger partial charge in [-0.1, -0.05) is 24.3 Å². The van der Waals surface area contributed by atoms with Gasteiger partial charge in [0.25, 0.3) is 20.2 Å². The van der Waals surface area contributed by atoms with Gasteiger partial charge in [0.1, 0.15) is 9.79 Å². The molecule has 40 heavy (non-hydrogen) atoms. The van der Waals surface area contributed by atoms with E-state index in [1.165, 1.54) is 36.4 Å². The number of rotatable bonds is 8. The number of nitrogens with two attached hydrogens (primary N) is 2.